The van der Waals surface area contributed by atoms with Crippen LogP contribution in [0.4, 0.5) is 0 Å². The summed E-state index contributed by atoms with van der Waals surface area (Å²) in [5.41, 5.74) is 0. The molecule has 122 valence electrons. The van der Waals surface area contributed by atoms with Crippen LogP contribution < -0.4 is 5.32 Å². The van der Waals surface area contributed by atoms with Gasteiger partial charge in [0.2, 0.25) is 0 Å². The molecule has 0 rings (SSSR count). The van der Waals surface area contributed by atoms with Gasteiger partial charge in [-0.05, 0) is 38.9 Å². The van der Waals surface area contributed by atoms with E-state index >= 15 is 0 Å². The zero-order valence-corrected chi connectivity index (χ0v) is 14.6. The van der Waals surface area contributed by atoms with Gasteiger partial charge in [-0.3, -0.25) is 0 Å². The second kappa shape index (κ2) is 17.0. The van der Waals surface area contributed by atoms with Crippen LogP contribution in [0.5, 0.6) is 0 Å². The molecule has 0 aliphatic carbocycles. The molecule has 0 spiro atoms. The molecule has 2 heteroatoms. The van der Waals surface area contributed by atoms with Gasteiger partial charge in [0.05, 0.1) is 0 Å². The molecule has 0 aromatic carbocycles. The molecule has 2 nitrogen and oxygen atoms in total. The fourth-order valence-corrected chi connectivity index (χ4v) is 2.71. The normalized spacial score (nSPS) is 11.4. The Morgan fingerprint density at radius 2 is 1.10 bits per heavy atom. The van der Waals surface area contributed by atoms with Crippen LogP contribution in [0.2, 0.25) is 0 Å². The average molecular weight is 285 g/mol. The van der Waals surface area contributed by atoms with Crippen molar-refractivity contribution >= 4 is 0 Å². The van der Waals surface area contributed by atoms with Crippen LogP contribution in [0.15, 0.2) is 0 Å². The highest BCUT2D eigenvalue weighted by Gasteiger charge is 2.01. The Hall–Kier alpha value is -0.0800. The van der Waals surface area contributed by atoms with Crippen LogP contribution in [0, 0.1) is 0 Å². The monoisotopic (exact) mass is 284 g/mol. The van der Waals surface area contributed by atoms with Gasteiger partial charge in [-0.25, -0.2) is 0 Å². The molecular formula is C18H40N2. The first-order valence-corrected chi connectivity index (χ1v) is 9.28. The largest absolute Gasteiger partial charge is 0.315 e. The Bertz CT molecular complexity index is 165. The standard InChI is InChI=1S/C18H40N2/c1-4-7-8-9-10-11-12-13-14-19-15-18-20(16-5-2)17-6-3/h19H,4-18H2,1-3H3. The third-order valence-corrected chi connectivity index (χ3v) is 3.89. The molecular weight excluding hydrogens is 244 g/mol. The molecule has 20 heavy (non-hydrogen) atoms. The summed E-state index contributed by atoms with van der Waals surface area (Å²) in [7, 11) is 0. The second-order valence-electron chi connectivity index (χ2n) is 6.07. The van der Waals surface area contributed by atoms with Crippen molar-refractivity contribution in [2.24, 2.45) is 0 Å². The minimum atomic E-state index is 1.16. The summed E-state index contributed by atoms with van der Waals surface area (Å²) in [5, 5.41) is 3.60. The fourth-order valence-electron chi connectivity index (χ4n) is 2.71. The van der Waals surface area contributed by atoms with Crippen molar-refractivity contribution in [3.63, 3.8) is 0 Å². The maximum Gasteiger partial charge on any atom is 0.0107 e. The minimum absolute atomic E-state index is 1.16. The number of unbranched alkanes of at least 4 members (excludes halogenated alkanes) is 7. The van der Waals surface area contributed by atoms with Crippen LogP contribution in [0.1, 0.15) is 85.0 Å². The fraction of sp³-hybridized carbons (Fsp3) is 1.00. The van der Waals surface area contributed by atoms with E-state index in [9.17, 15) is 0 Å². The van der Waals surface area contributed by atoms with Gasteiger partial charge in [0.15, 0.2) is 0 Å². The van der Waals surface area contributed by atoms with Crippen LogP contribution >= 0.6 is 0 Å². The van der Waals surface area contributed by atoms with Crippen molar-refractivity contribution < 1.29 is 0 Å². The molecule has 0 fully saturated rings. The summed E-state index contributed by atoms with van der Waals surface area (Å²) in [4.78, 5) is 2.58. The molecule has 0 bridgehead atoms. The highest BCUT2D eigenvalue weighted by atomic mass is 15.1. The molecule has 0 saturated heterocycles. The molecule has 0 aliphatic rings. The highest BCUT2D eigenvalue weighted by molar-refractivity contribution is 4.59. The lowest BCUT2D eigenvalue weighted by Gasteiger charge is -2.20. The lowest BCUT2D eigenvalue weighted by molar-refractivity contribution is 0.274. The van der Waals surface area contributed by atoms with Crippen LogP contribution in [0.25, 0.3) is 0 Å². The summed E-state index contributed by atoms with van der Waals surface area (Å²) < 4.78 is 0. The first-order chi connectivity index (χ1) is 9.85. The summed E-state index contributed by atoms with van der Waals surface area (Å²) >= 11 is 0. The number of rotatable bonds is 16. The van der Waals surface area contributed by atoms with Crippen molar-refractivity contribution in [2.75, 3.05) is 32.7 Å². The number of hydrogen-bond acceptors (Lipinski definition) is 2. The molecule has 0 atom stereocenters. The van der Waals surface area contributed by atoms with Gasteiger partial charge in [0, 0.05) is 13.1 Å². The quantitative estimate of drug-likeness (QED) is 0.408. The maximum atomic E-state index is 3.60. The van der Waals surface area contributed by atoms with Gasteiger partial charge in [0.25, 0.3) is 0 Å². The first kappa shape index (κ1) is 19.9. The summed E-state index contributed by atoms with van der Waals surface area (Å²) in [6.07, 6.45) is 13.9. The summed E-state index contributed by atoms with van der Waals surface area (Å²) in [5.74, 6) is 0. The lowest BCUT2D eigenvalue weighted by Crippen LogP contribution is -2.33. The Morgan fingerprint density at radius 1 is 0.550 bits per heavy atom. The highest BCUT2D eigenvalue weighted by Crippen LogP contribution is 2.07. The lowest BCUT2D eigenvalue weighted by atomic mass is 10.1. The van der Waals surface area contributed by atoms with E-state index in [2.05, 4.69) is 31.0 Å². The zero-order valence-electron chi connectivity index (χ0n) is 14.6. The molecule has 0 amide bonds. The molecule has 0 aliphatic heterocycles. The third kappa shape index (κ3) is 14.3. The van der Waals surface area contributed by atoms with E-state index in [1.807, 2.05) is 0 Å². The SMILES string of the molecule is CCCCCCCCCCNCCN(CCC)CCC. The Morgan fingerprint density at radius 3 is 1.65 bits per heavy atom. The van der Waals surface area contributed by atoms with Gasteiger partial charge in [-0.15, -0.1) is 0 Å². The Kier molecular flexibility index (Phi) is 16.9. The third-order valence-electron chi connectivity index (χ3n) is 3.89. The van der Waals surface area contributed by atoms with E-state index in [1.165, 1.54) is 90.4 Å². The number of nitrogens with zero attached hydrogens (tertiary/aromatic N) is 1. The van der Waals surface area contributed by atoms with E-state index < -0.39 is 0 Å². The smallest absolute Gasteiger partial charge is 0.0107 e. The number of hydrogen-bond donors (Lipinski definition) is 1. The van der Waals surface area contributed by atoms with Crippen molar-refractivity contribution in [3.8, 4) is 0 Å². The number of nitrogens with one attached hydrogen (secondary N) is 1. The van der Waals surface area contributed by atoms with Gasteiger partial charge in [-0.1, -0.05) is 65.7 Å². The Labute approximate surface area is 128 Å². The zero-order chi connectivity index (χ0) is 14.9. The maximum absolute atomic E-state index is 3.60. The summed E-state index contributed by atoms with van der Waals surface area (Å²) in [6.45, 7) is 12.9. The molecule has 0 radical (unpaired) electrons. The molecule has 0 heterocycles. The molecule has 0 aromatic heterocycles. The van der Waals surface area contributed by atoms with Crippen LogP contribution in [-0.4, -0.2) is 37.6 Å². The van der Waals surface area contributed by atoms with Gasteiger partial charge >= 0.3 is 0 Å². The molecule has 1 N–H and O–H groups in total. The van der Waals surface area contributed by atoms with E-state index in [4.69, 9.17) is 0 Å². The van der Waals surface area contributed by atoms with E-state index in [1.54, 1.807) is 0 Å². The molecule has 0 aromatic rings. The van der Waals surface area contributed by atoms with Gasteiger partial charge < -0.3 is 10.2 Å². The van der Waals surface area contributed by atoms with E-state index in [0.29, 0.717) is 0 Å². The van der Waals surface area contributed by atoms with Crippen molar-refractivity contribution in [1.29, 1.82) is 0 Å². The second-order valence-corrected chi connectivity index (χ2v) is 6.07. The first-order valence-electron chi connectivity index (χ1n) is 9.28. The van der Waals surface area contributed by atoms with Crippen LogP contribution in [0.3, 0.4) is 0 Å². The molecule has 0 saturated carbocycles. The van der Waals surface area contributed by atoms with Gasteiger partial charge in [-0.2, -0.15) is 0 Å². The Balaban J connectivity index is 3.18. The summed E-state index contributed by atoms with van der Waals surface area (Å²) in [6, 6.07) is 0. The van der Waals surface area contributed by atoms with Crippen molar-refractivity contribution in [2.45, 2.75) is 85.0 Å². The minimum Gasteiger partial charge on any atom is -0.315 e. The molecule has 0 unspecified atom stereocenters. The topological polar surface area (TPSA) is 15.3 Å². The van der Waals surface area contributed by atoms with Crippen molar-refractivity contribution in [1.82, 2.24) is 10.2 Å². The van der Waals surface area contributed by atoms with Crippen LogP contribution in [-0.2, 0) is 0 Å². The average Bonchev–Trinajstić information content (AvgIpc) is 2.45. The van der Waals surface area contributed by atoms with E-state index in [0.717, 1.165) is 6.54 Å². The predicted octanol–water partition coefficient (Wildman–Crippen LogP) is 4.84. The predicted molar refractivity (Wildman–Crippen MR) is 92.5 cm³/mol. The van der Waals surface area contributed by atoms with E-state index in [-0.39, 0.29) is 0 Å². The van der Waals surface area contributed by atoms with Crippen molar-refractivity contribution in [3.05, 3.63) is 0 Å². The van der Waals surface area contributed by atoms with Gasteiger partial charge in [0.1, 0.15) is 0 Å².